The third-order valence-corrected chi connectivity index (χ3v) is 6.01. The molecule has 0 amide bonds. The fourth-order valence-corrected chi connectivity index (χ4v) is 3.74. The Morgan fingerprint density at radius 1 is 1.24 bits per heavy atom. The van der Waals surface area contributed by atoms with Crippen LogP contribution in [0.5, 0.6) is 5.75 Å². The zero-order valence-electron chi connectivity index (χ0n) is 14.2. The normalized spacial score (nSPS) is 23.2. The van der Waals surface area contributed by atoms with Gasteiger partial charge in [-0.1, -0.05) is 19.9 Å². The number of rotatable bonds is 5. The number of fused-ring (bicyclic) bond motifs is 1. The summed E-state index contributed by atoms with van der Waals surface area (Å²) >= 11 is 0. The predicted octanol–water partition coefficient (Wildman–Crippen LogP) is 4.03. The molecule has 1 N–H and O–H groups in total. The van der Waals surface area contributed by atoms with Crippen LogP contribution in [-0.4, -0.2) is 20.5 Å². The van der Waals surface area contributed by atoms with Crippen molar-refractivity contribution >= 4 is 10.1 Å². The molecule has 1 fully saturated rings. The first-order chi connectivity index (χ1) is 11.5. The largest absolute Gasteiger partial charge is 0.534 e. The molecule has 1 aromatic rings. The Balaban J connectivity index is 1.87. The zero-order chi connectivity index (χ0) is 18.5. The van der Waals surface area contributed by atoms with Gasteiger partial charge in [-0.05, 0) is 66.8 Å². The maximum Gasteiger partial charge on any atom is 0.534 e. The number of nitrogens with one attached hydrogen (secondary N) is 1. The molecular formula is C17H22F3NO3S. The van der Waals surface area contributed by atoms with E-state index in [1.165, 1.54) is 25.0 Å². The molecule has 2 aliphatic carbocycles. The molecule has 0 aliphatic heterocycles. The van der Waals surface area contributed by atoms with E-state index in [0.29, 0.717) is 0 Å². The van der Waals surface area contributed by atoms with Gasteiger partial charge in [0.25, 0.3) is 0 Å². The molecule has 1 aromatic carbocycles. The molecule has 0 bridgehead atoms. The summed E-state index contributed by atoms with van der Waals surface area (Å²) in [6.45, 7) is 4.95. The average Bonchev–Trinajstić information content (AvgIpc) is 3.29. The SMILES string of the molecule is CC1(C)CCC(NCC2CC2)c2ccc(OS(=O)(=O)C(F)(F)F)cc21. The van der Waals surface area contributed by atoms with Gasteiger partial charge < -0.3 is 9.50 Å². The van der Waals surface area contributed by atoms with Crippen LogP contribution >= 0.6 is 0 Å². The topological polar surface area (TPSA) is 55.4 Å². The Hall–Kier alpha value is -1.28. The van der Waals surface area contributed by atoms with E-state index in [4.69, 9.17) is 0 Å². The van der Waals surface area contributed by atoms with Gasteiger partial charge in [-0.15, -0.1) is 0 Å². The quantitative estimate of drug-likeness (QED) is 0.622. The molecule has 1 unspecified atom stereocenters. The standard InChI is InChI=1S/C17H22F3NO3S/c1-16(2)8-7-15(21-10-11-3-4-11)13-6-5-12(9-14(13)16)24-25(22,23)17(18,19)20/h5-6,9,11,15,21H,3-4,7-8,10H2,1-2H3. The van der Waals surface area contributed by atoms with Crippen LogP contribution in [0.2, 0.25) is 0 Å². The van der Waals surface area contributed by atoms with Crippen molar-refractivity contribution in [2.75, 3.05) is 6.54 Å². The molecular weight excluding hydrogens is 355 g/mol. The van der Waals surface area contributed by atoms with Crippen LogP contribution in [0.15, 0.2) is 18.2 Å². The number of halogens is 3. The molecule has 4 nitrogen and oxygen atoms in total. The molecule has 0 aromatic heterocycles. The van der Waals surface area contributed by atoms with Crippen molar-refractivity contribution in [3.8, 4) is 5.75 Å². The fraction of sp³-hybridized carbons (Fsp3) is 0.647. The second-order valence-corrected chi connectivity index (χ2v) is 9.10. The highest BCUT2D eigenvalue weighted by molar-refractivity contribution is 7.88. The summed E-state index contributed by atoms with van der Waals surface area (Å²) in [5.74, 6) is 0.421. The predicted molar refractivity (Wildman–Crippen MR) is 87.8 cm³/mol. The number of alkyl halides is 3. The highest BCUT2D eigenvalue weighted by atomic mass is 32.2. The van der Waals surface area contributed by atoms with E-state index in [2.05, 4.69) is 9.50 Å². The Labute approximate surface area is 145 Å². The molecule has 25 heavy (non-hydrogen) atoms. The lowest BCUT2D eigenvalue weighted by atomic mass is 9.71. The van der Waals surface area contributed by atoms with Gasteiger partial charge in [0.1, 0.15) is 5.75 Å². The highest BCUT2D eigenvalue weighted by Crippen LogP contribution is 2.43. The first-order valence-corrected chi connectivity index (χ1v) is 9.79. The Morgan fingerprint density at radius 2 is 1.92 bits per heavy atom. The molecule has 140 valence electrons. The van der Waals surface area contributed by atoms with E-state index in [1.54, 1.807) is 6.07 Å². The van der Waals surface area contributed by atoms with Gasteiger partial charge in [-0.3, -0.25) is 0 Å². The molecule has 1 saturated carbocycles. The molecule has 8 heteroatoms. The average molecular weight is 377 g/mol. The molecule has 1 atom stereocenters. The molecule has 0 saturated heterocycles. The third-order valence-electron chi connectivity index (χ3n) is 5.03. The number of benzene rings is 1. The van der Waals surface area contributed by atoms with Crippen LogP contribution in [0, 0.1) is 5.92 Å². The van der Waals surface area contributed by atoms with E-state index in [0.717, 1.165) is 36.4 Å². The summed E-state index contributed by atoms with van der Waals surface area (Å²) < 4.78 is 64.4. The van der Waals surface area contributed by atoms with Gasteiger partial charge in [-0.25, -0.2) is 0 Å². The third kappa shape index (κ3) is 3.95. The maximum atomic E-state index is 12.5. The number of hydrogen-bond acceptors (Lipinski definition) is 4. The minimum Gasteiger partial charge on any atom is -0.376 e. The molecule has 0 spiro atoms. The molecule has 2 aliphatic rings. The number of hydrogen-bond donors (Lipinski definition) is 1. The van der Waals surface area contributed by atoms with Gasteiger partial charge in [0.2, 0.25) is 0 Å². The van der Waals surface area contributed by atoms with Crippen molar-refractivity contribution in [1.82, 2.24) is 5.32 Å². The van der Waals surface area contributed by atoms with E-state index in [9.17, 15) is 21.6 Å². The van der Waals surface area contributed by atoms with Gasteiger partial charge in [0, 0.05) is 6.04 Å². The van der Waals surface area contributed by atoms with Crippen LogP contribution in [0.25, 0.3) is 0 Å². The molecule has 3 rings (SSSR count). The summed E-state index contributed by atoms with van der Waals surface area (Å²) in [4.78, 5) is 0. The van der Waals surface area contributed by atoms with E-state index in [-0.39, 0.29) is 17.2 Å². The summed E-state index contributed by atoms with van der Waals surface area (Å²) in [7, 11) is -5.66. The zero-order valence-corrected chi connectivity index (χ0v) is 15.0. The van der Waals surface area contributed by atoms with E-state index < -0.39 is 15.6 Å². The summed E-state index contributed by atoms with van der Waals surface area (Å²) in [5.41, 5.74) is -3.85. The van der Waals surface area contributed by atoms with Crippen molar-refractivity contribution in [1.29, 1.82) is 0 Å². The summed E-state index contributed by atoms with van der Waals surface area (Å²) in [6.07, 6.45) is 4.27. The van der Waals surface area contributed by atoms with Crippen molar-refractivity contribution in [2.45, 2.75) is 56.5 Å². The smallest absolute Gasteiger partial charge is 0.376 e. The second kappa shape index (κ2) is 6.16. The lowest BCUT2D eigenvalue weighted by Crippen LogP contribution is -2.34. The highest BCUT2D eigenvalue weighted by Gasteiger charge is 2.48. The molecule has 0 heterocycles. The first kappa shape index (κ1) is 18.5. The van der Waals surface area contributed by atoms with E-state index in [1.807, 2.05) is 13.8 Å². The summed E-state index contributed by atoms with van der Waals surface area (Å²) in [6, 6.07) is 4.55. The van der Waals surface area contributed by atoms with Crippen LogP contribution in [0.3, 0.4) is 0 Å². The van der Waals surface area contributed by atoms with Crippen molar-refractivity contribution < 1.29 is 25.8 Å². The van der Waals surface area contributed by atoms with Crippen LogP contribution < -0.4 is 9.50 Å². The van der Waals surface area contributed by atoms with Gasteiger partial charge in [0.05, 0.1) is 0 Å². The fourth-order valence-electron chi connectivity index (χ4n) is 3.29. The van der Waals surface area contributed by atoms with Crippen LogP contribution in [-0.2, 0) is 15.5 Å². The van der Waals surface area contributed by atoms with Crippen molar-refractivity contribution in [2.24, 2.45) is 5.92 Å². The Morgan fingerprint density at radius 3 is 2.52 bits per heavy atom. The van der Waals surface area contributed by atoms with Gasteiger partial charge in [0.15, 0.2) is 0 Å². The Kier molecular flexibility index (Phi) is 4.56. The first-order valence-electron chi connectivity index (χ1n) is 8.38. The van der Waals surface area contributed by atoms with Gasteiger partial charge >= 0.3 is 15.6 Å². The minimum absolute atomic E-state index is 0.136. The lowest BCUT2D eigenvalue weighted by molar-refractivity contribution is -0.0500. The van der Waals surface area contributed by atoms with E-state index >= 15 is 0 Å². The monoisotopic (exact) mass is 377 g/mol. The van der Waals surface area contributed by atoms with Crippen LogP contribution in [0.1, 0.15) is 56.7 Å². The maximum absolute atomic E-state index is 12.5. The van der Waals surface area contributed by atoms with Crippen molar-refractivity contribution in [3.63, 3.8) is 0 Å². The van der Waals surface area contributed by atoms with Crippen molar-refractivity contribution in [3.05, 3.63) is 29.3 Å². The lowest BCUT2D eigenvalue weighted by Gasteiger charge is -2.37. The van der Waals surface area contributed by atoms with Crippen LogP contribution in [0.4, 0.5) is 13.2 Å². The minimum atomic E-state index is -5.66. The molecule has 0 radical (unpaired) electrons. The Bertz CT molecular complexity index is 755. The van der Waals surface area contributed by atoms with Gasteiger partial charge in [-0.2, -0.15) is 21.6 Å². The second-order valence-electron chi connectivity index (χ2n) is 7.56. The summed E-state index contributed by atoms with van der Waals surface area (Å²) in [5, 5.41) is 3.53.